The monoisotopic (exact) mass is 206 g/mol. The molecule has 0 radical (unpaired) electrons. The van der Waals surface area contributed by atoms with Crippen LogP contribution in [0.2, 0.25) is 0 Å². The number of aromatic nitrogens is 2. The summed E-state index contributed by atoms with van der Waals surface area (Å²) in [4.78, 5) is 0. The molecular formula is C11H14N2O2. The van der Waals surface area contributed by atoms with Gasteiger partial charge < -0.3 is 9.05 Å². The SMILES string of the molecule is Cc1cc(CC(C)c2cc(C)on2)on1. The molecule has 2 aromatic rings. The second kappa shape index (κ2) is 3.88. The van der Waals surface area contributed by atoms with Crippen LogP contribution < -0.4 is 0 Å². The fourth-order valence-corrected chi connectivity index (χ4v) is 1.54. The van der Waals surface area contributed by atoms with Gasteiger partial charge in [0.25, 0.3) is 0 Å². The number of hydrogen-bond acceptors (Lipinski definition) is 4. The Morgan fingerprint density at radius 3 is 2.53 bits per heavy atom. The van der Waals surface area contributed by atoms with E-state index in [1.54, 1.807) is 0 Å². The van der Waals surface area contributed by atoms with Crippen molar-refractivity contribution in [2.75, 3.05) is 0 Å². The lowest BCUT2D eigenvalue weighted by Gasteiger charge is -2.03. The maximum Gasteiger partial charge on any atom is 0.137 e. The van der Waals surface area contributed by atoms with Gasteiger partial charge in [0.2, 0.25) is 0 Å². The van der Waals surface area contributed by atoms with Crippen LogP contribution >= 0.6 is 0 Å². The van der Waals surface area contributed by atoms with E-state index in [-0.39, 0.29) is 5.92 Å². The van der Waals surface area contributed by atoms with E-state index in [4.69, 9.17) is 9.05 Å². The van der Waals surface area contributed by atoms with Crippen molar-refractivity contribution in [2.45, 2.75) is 33.1 Å². The van der Waals surface area contributed by atoms with E-state index in [0.29, 0.717) is 0 Å². The first-order valence-electron chi connectivity index (χ1n) is 5.00. The van der Waals surface area contributed by atoms with Gasteiger partial charge in [-0.25, -0.2) is 0 Å². The van der Waals surface area contributed by atoms with E-state index in [0.717, 1.165) is 29.3 Å². The fourth-order valence-electron chi connectivity index (χ4n) is 1.54. The number of nitrogens with zero attached hydrogens (tertiary/aromatic N) is 2. The minimum atomic E-state index is 0.287. The molecule has 0 spiro atoms. The van der Waals surface area contributed by atoms with Crippen LogP contribution in [0, 0.1) is 13.8 Å². The molecule has 4 heteroatoms. The average Bonchev–Trinajstić information content (AvgIpc) is 2.75. The molecule has 0 saturated heterocycles. The van der Waals surface area contributed by atoms with Crippen LogP contribution in [-0.2, 0) is 6.42 Å². The molecule has 0 aliphatic rings. The van der Waals surface area contributed by atoms with E-state index >= 15 is 0 Å². The molecule has 0 N–H and O–H groups in total. The molecule has 2 aromatic heterocycles. The first-order valence-corrected chi connectivity index (χ1v) is 5.00. The van der Waals surface area contributed by atoms with Gasteiger partial charge in [0.15, 0.2) is 0 Å². The summed E-state index contributed by atoms with van der Waals surface area (Å²) >= 11 is 0. The van der Waals surface area contributed by atoms with Crippen molar-refractivity contribution < 1.29 is 9.05 Å². The van der Waals surface area contributed by atoms with Crippen LogP contribution in [0.5, 0.6) is 0 Å². The lowest BCUT2D eigenvalue weighted by atomic mass is 10.0. The molecule has 0 aliphatic carbocycles. The van der Waals surface area contributed by atoms with Gasteiger partial charge in [-0.15, -0.1) is 0 Å². The van der Waals surface area contributed by atoms with Gasteiger partial charge >= 0.3 is 0 Å². The lowest BCUT2D eigenvalue weighted by Crippen LogP contribution is -1.97. The molecule has 15 heavy (non-hydrogen) atoms. The number of hydrogen-bond donors (Lipinski definition) is 0. The third kappa shape index (κ3) is 2.26. The van der Waals surface area contributed by atoms with Crippen molar-refractivity contribution in [3.63, 3.8) is 0 Å². The molecule has 2 rings (SSSR count). The second-order valence-corrected chi connectivity index (χ2v) is 3.90. The van der Waals surface area contributed by atoms with Gasteiger partial charge in [-0.1, -0.05) is 17.2 Å². The predicted octanol–water partition coefficient (Wildman–Crippen LogP) is 2.63. The summed E-state index contributed by atoms with van der Waals surface area (Å²) in [6.45, 7) is 5.90. The van der Waals surface area contributed by atoms with Crippen molar-refractivity contribution in [2.24, 2.45) is 0 Å². The Kier molecular flexibility index (Phi) is 2.58. The minimum Gasteiger partial charge on any atom is -0.361 e. The molecule has 0 aliphatic heterocycles. The molecule has 0 aromatic carbocycles. The molecule has 0 fully saturated rings. The standard InChI is InChI=1S/C11H14N2O2/c1-7(11-6-9(3)14-13-11)4-10-5-8(2)12-15-10/h5-7H,4H2,1-3H3. The predicted molar refractivity (Wildman–Crippen MR) is 54.6 cm³/mol. The highest BCUT2D eigenvalue weighted by Crippen LogP contribution is 2.20. The molecule has 80 valence electrons. The van der Waals surface area contributed by atoms with Crippen LogP contribution in [-0.4, -0.2) is 10.3 Å². The third-order valence-electron chi connectivity index (χ3n) is 2.34. The van der Waals surface area contributed by atoms with Gasteiger partial charge in [-0.05, 0) is 13.8 Å². The summed E-state index contributed by atoms with van der Waals surface area (Å²) < 4.78 is 10.2. The smallest absolute Gasteiger partial charge is 0.137 e. The third-order valence-corrected chi connectivity index (χ3v) is 2.34. The van der Waals surface area contributed by atoms with Crippen LogP contribution in [0.1, 0.15) is 35.7 Å². The van der Waals surface area contributed by atoms with Crippen molar-refractivity contribution in [1.29, 1.82) is 0 Å². The van der Waals surface area contributed by atoms with E-state index in [9.17, 15) is 0 Å². The van der Waals surface area contributed by atoms with Crippen LogP contribution in [0.4, 0.5) is 0 Å². The van der Waals surface area contributed by atoms with Crippen molar-refractivity contribution >= 4 is 0 Å². The Labute approximate surface area is 88.2 Å². The summed E-state index contributed by atoms with van der Waals surface area (Å²) in [5.74, 6) is 2.01. The summed E-state index contributed by atoms with van der Waals surface area (Å²) in [5, 5.41) is 7.83. The summed E-state index contributed by atoms with van der Waals surface area (Å²) in [5.41, 5.74) is 1.87. The molecule has 0 amide bonds. The van der Waals surface area contributed by atoms with Crippen LogP contribution in [0.3, 0.4) is 0 Å². The van der Waals surface area contributed by atoms with Crippen molar-refractivity contribution in [3.8, 4) is 0 Å². The largest absolute Gasteiger partial charge is 0.361 e. The maximum atomic E-state index is 5.15. The minimum absolute atomic E-state index is 0.287. The Bertz CT molecular complexity index is 445. The second-order valence-electron chi connectivity index (χ2n) is 3.90. The van der Waals surface area contributed by atoms with E-state index in [1.165, 1.54) is 0 Å². The van der Waals surface area contributed by atoms with Gasteiger partial charge in [-0.2, -0.15) is 0 Å². The van der Waals surface area contributed by atoms with Gasteiger partial charge in [0.05, 0.1) is 11.4 Å². The maximum absolute atomic E-state index is 5.15. The van der Waals surface area contributed by atoms with Gasteiger partial charge in [-0.3, -0.25) is 0 Å². The van der Waals surface area contributed by atoms with E-state index < -0.39 is 0 Å². The van der Waals surface area contributed by atoms with Crippen LogP contribution in [0.15, 0.2) is 21.2 Å². The topological polar surface area (TPSA) is 52.1 Å². The summed E-state index contributed by atoms with van der Waals surface area (Å²) in [7, 11) is 0. The highest BCUT2D eigenvalue weighted by atomic mass is 16.5. The molecular weight excluding hydrogens is 192 g/mol. The fraction of sp³-hybridized carbons (Fsp3) is 0.455. The lowest BCUT2D eigenvalue weighted by molar-refractivity contribution is 0.364. The zero-order valence-corrected chi connectivity index (χ0v) is 9.15. The Hall–Kier alpha value is -1.58. The van der Waals surface area contributed by atoms with Gasteiger partial charge in [0, 0.05) is 24.5 Å². The van der Waals surface area contributed by atoms with Crippen molar-refractivity contribution in [1.82, 2.24) is 10.3 Å². The molecule has 0 bridgehead atoms. The van der Waals surface area contributed by atoms with Gasteiger partial charge in [0.1, 0.15) is 11.5 Å². The Balaban J connectivity index is 2.06. The average molecular weight is 206 g/mol. The summed E-state index contributed by atoms with van der Waals surface area (Å²) in [6, 6.07) is 3.90. The van der Waals surface area contributed by atoms with E-state index in [1.807, 2.05) is 26.0 Å². The van der Waals surface area contributed by atoms with E-state index in [2.05, 4.69) is 17.2 Å². The molecule has 1 unspecified atom stereocenters. The molecule has 2 heterocycles. The zero-order chi connectivity index (χ0) is 10.8. The normalized spacial score (nSPS) is 13.0. The first-order chi connectivity index (χ1) is 7.15. The first kappa shape index (κ1) is 9.96. The zero-order valence-electron chi connectivity index (χ0n) is 9.15. The molecule has 1 atom stereocenters. The quantitative estimate of drug-likeness (QED) is 0.774. The highest BCUT2D eigenvalue weighted by molar-refractivity contribution is 5.13. The number of aryl methyl sites for hydroxylation is 2. The van der Waals surface area contributed by atoms with Crippen LogP contribution in [0.25, 0.3) is 0 Å². The van der Waals surface area contributed by atoms with Crippen molar-refractivity contribution in [3.05, 3.63) is 35.0 Å². The Morgan fingerprint density at radius 2 is 2.00 bits per heavy atom. The molecule has 0 saturated carbocycles. The highest BCUT2D eigenvalue weighted by Gasteiger charge is 2.13. The summed E-state index contributed by atoms with van der Waals surface area (Å²) in [6.07, 6.45) is 0.798. The number of rotatable bonds is 3. The molecule has 4 nitrogen and oxygen atoms in total. The Morgan fingerprint density at radius 1 is 1.20 bits per heavy atom.